The maximum absolute atomic E-state index is 11.5. The van der Waals surface area contributed by atoms with E-state index in [0.29, 0.717) is 17.8 Å². The van der Waals surface area contributed by atoms with Crippen molar-refractivity contribution in [2.24, 2.45) is 35.5 Å². The molecule has 0 aliphatic heterocycles. The van der Waals surface area contributed by atoms with Gasteiger partial charge in [0.1, 0.15) is 5.78 Å². The van der Waals surface area contributed by atoms with E-state index in [-0.39, 0.29) is 17.6 Å². The number of carbonyl (C=O) groups is 2. The van der Waals surface area contributed by atoms with Gasteiger partial charge in [0.05, 0.1) is 5.92 Å². The van der Waals surface area contributed by atoms with Gasteiger partial charge in [0.25, 0.3) is 0 Å². The molecule has 3 heteroatoms. The lowest BCUT2D eigenvalue weighted by molar-refractivity contribution is -0.150. The van der Waals surface area contributed by atoms with Crippen LogP contribution in [0.1, 0.15) is 27.2 Å². The van der Waals surface area contributed by atoms with Crippen molar-refractivity contribution in [3.8, 4) is 0 Å². The third-order valence-corrected chi connectivity index (χ3v) is 4.79. The largest absolute Gasteiger partial charge is 0.481 e. The van der Waals surface area contributed by atoms with Crippen LogP contribution in [0.15, 0.2) is 0 Å². The highest BCUT2D eigenvalue weighted by Crippen LogP contribution is 2.58. The zero-order chi connectivity index (χ0) is 11.3. The molecule has 0 amide bonds. The molecule has 2 bridgehead atoms. The standard InChI is InChI=1S/C12H18O3/c1-5-6(2)9-4-8(5)10(7(3)13)11(9)12(14)15/h5-6,8-11H,4H2,1-3H3,(H,14,15). The minimum absolute atomic E-state index is 0.0636. The van der Waals surface area contributed by atoms with Gasteiger partial charge in [0.2, 0.25) is 0 Å². The quantitative estimate of drug-likeness (QED) is 0.756. The monoisotopic (exact) mass is 210 g/mol. The van der Waals surface area contributed by atoms with Gasteiger partial charge in [-0.3, -0.25) is 9.59 Å². The zero-order valence-corrected chi connectivity index (χ0v) is 9.43. The molecule has 84 valence electrons. The topological polar surface area (TPSA) is 54.4 Å². The second-order valence-electron chi connectivity index (χ2n) is 5.28. The molecule has 0 saturated heterocycles. The van der Waals surface area contributed by atoms with Gasteiger partial charge in [0, 0.05) is 5.92 Å². The maximum Gasteiger partial charge on any atom is 0.307 e. The number of carbonyl (C=O) groups excluding carboxylic acids is 1. The van der Waals surface area contributed by atoms with Crippen molar-refractivity contribution in [1.29, 1.82) is 0 Å². The van der Waals surface area contributed by atoms with Crippen molar-refractivity contribution < 1.29 is 14.7 Å². The number of hydrogen-bond acceptors (Lipinski definition) is 2. The van der Waals surface area contributed by atoms with Crippen LogP contribution in [0, 0.1) is 35.5 Å². The second kappa shape index (κ2) is 3.32. The van der Waals surface area contributed by atoms with Gasteiger partial charge in [-0.1, -0.05) is 13.8 Å². The molecule has 6 atom stereocenters. The summed E-state index contributed by atoms with van der Waals surface area (Å²) in [7, 11) is 0. The number of hydrogen-bond donors (Lipinski definition) is 1. The van der Waals surface area contributed by atoms with E-state index in [4.69, 9.17) is 0 Å². The van der Waals surface area contributed by atoms with Gasteiger partial charge in [-0.05, 0) is 37.0 Å². The zero-order valence-electron chi connectivity index (χ0n) is 9.43. The molecule has 3 nitrogen and oxygen atoms in total. The minimum atomic E-state index is -0.776. The minimum Gasteiger partial charge on any atom is -0.481 e. The average Bonchev–Trinajstić information content (AvgIpc) is 2.64. The van der Waals surface area contributed by atoms with Crippen LogP contribution in [0.2, 0.25) is 0 Å². The summed E-state index contributed by atoms with van der Waals surface area (Å²) >= 11 is 0. The summed E-state index contributed by atoms with van der Waals surface area (Å²) in [5, 5.41) is 9.21. The SMILES string of the molecule is CC(=O)C1C2CC(C(C)C2C)C1C(=O)O. The first-order valence-electron chi connectivity index (χ1n) is 5.68. The van der Waals surface area contributed by atoms with Crippen molar-refractivity contribution in [2.75, 3.05) is 0 Å². The van der Waals surface area contributed by atoms with Crippen LogP contribution in [0.3, 0.4) is 0 Å². The van der Waals surface area contributed by atoms with Crippen molar-refractivity contribution in [2.45, 2.75) is 27.2 Å². The number of rotatable bonds is 2. The summed E-state index contributed by atoms with van der Waals surface area (Å²) in [4.78, 5) is 22.7. The first-order chi connectivity index (χ1) is 6.95. The Bertz CT molecular complexity index is 280. The first kappa shape index (κ1) is 10.7. The van der Waals surface area contributed by atoms with Crippen LogP contribution in [0.25, 0.3) is 0 Å². The molecule has 0 aromatic carbocycles. The van der Waals surface area contributed by atoms with Crippen LogP contribution in [0.5, 0.6) is 0 Å². The molecular weight excluding hydrogens is 192 g/mol. The third kappa shape index (κ3) is 1.32. The highest BCUT2D eigenvalue weighted by atomic mass is 16.4. The van der Waals surface area contributed by atoms with Crippen molar-refractivity contribution in [1.82, 2.24) is 0 Å². The van der Waals surface area contributed by atoms with E-state index in [1.54, 1.807) is 6.92 Å². The predicted molar refractivity (Wildman–Crippen MR) is 55.2 cm³/mol. The van der Waals surface area contributed by atoms with E-state index in [0.717, 1.165) is 6.42 Å². The van der Waals surface area contributed by atoms with Gasteiger partial charge < -0.3 is 5.11 Å². The molecule has 6 unspecified atom stereocenters. The number of ketones is 1. The van der Waals surface area contributed by atoms with Crippen molar-refractivity contribution in [3.63, 3.8) is 0 Å². The smallest absolute Gasteiger partial charge is 0.307 e. The summed E-state index contributed by atoms with van der Waals surface area (Å²) in [6.07, 6.45) is 0.934. The number of Topliss-reactive ketones (excluding diaryl/α,β-unsaturated/α-hetero) is 1. The lowest BCUT2D eigenvalue weighted by Crippen LogP contribution is -2.40. The van der Waals surface area contributed by atoms with E-state index in [9.17, 15) is 14.7 Å². The van der Waals surface area contributed by atoms with Crippen LogP contribution < -0.4 is 0 Å². The third-order valence-electron chi connectivity index (χ3n) is 4.79. The van der Waals surface area contributed by atoms with Crippen molar-refractivity contribution >= 4 is 11.8 Å². The number of carboxylic acid groups (broad SMARTS) is 1. The molecule has 0 radical (unpaired) electrons. The first-order valence-corrected chi connectivity index (χ1v) is 5.68. The number of aliphatic carboxylic acids is 1. The summed E-state index contributed by atoms with van der Waals surface area (Å²) in [5.74, 6) is 0.124. The van der Waals surface area contributed by atoms with Gasteiger partial charge in [0.15, 0.2) is 0 Å². The highest BCUT2D eigenvalue weighted by Gasteiger charge is 2.58. The normalized spacial score (nSPS) is 48.2. The van der Waals surface area contributed by atoms with Gasteiger partial charge >= 0.3 is 5.97 Å². The van der Waals surface area contributed by atoms with Gasteiger partial charge in [-0.15, -0.1) is 0 Å². The molecule has 15 heavy (non-hydrogen) atoms. The summed E-state index contributed by atoms with van der Waals surface area (Å²) < 4.78 is 0. The molecule has 2 fully saturated rings. The van der Waals surface area contributed by atoms with E-state index in [1.165, 1.54) is 0 Å². The van der Waals surface area contributed by atoms with Crippen LogP contribution in [-0.4, -0.2) is 16.9 Å². The van der Waals surface area contributed by atoms with Gasteiger partial charge in [-0.2, -0.15) is 0 Å². The van der Waals surface area contributed by atoms with E-state index in [1.807, 2.05) is 0 Å². The van der Waals surface area contributed by atoms with E-state index >= 15 is 0 Å². The summed E-state index contributed by atoms with van der Waals surface area (Å²) in [6.45, 7) is 5.82. The van der Waals surface area contributed by atoms with Gasteiger partial charge in [-0.25, -0.2) is 0 Å². The number of fused-ring (bicyclic) bond motifs is 2. The molecule has 0 aromatic heterocycles. The van der Waals surface area contributed by atoms with Crippen molar-refractivity contribution in [3.05, 3.63) is 0 Å². The fraction of sp³-hybridized carbons (Fsp3) is 0.833. The fourth-order valence-corrected chi connectivity index (χ4v) is 3.89. The lowest BCUT2D eigenvalue weighted by atomic mass is 9.68. The Hall–Kier alpha value is -0.860. The highest BCUT2D eigenvalue weighted by molar-refractivity contribution is 5.86. The Balaban J connectivity index is 2.32. The molecule has 2 aliphatic carbocycles. The van der Waals surface area contributed by atoms with E-state index < -0.39 is 11.9 Å². The Kier molecular flexibility index (Phi) is 2.36. The molecule has 1 N–H and O–H groups in total. The molecule has 2 aliphatic rings. The Labute approximate surface area is 89.9 Å². The molecular formula is C12H18O3. The molecule has 2 rings (SSSR count). The Morgan fingerprint density at radius 2 is 1.53 bits per heavy atom. The molecule has 0 heterocycles. The van der Waals surface area contributed by atoms with Crippen LogP contribution in [0.4, 0.5) is 0 Å². The predicted octanol–water partition coefficient (Wildman–Crippen LogP) is 1.81. The fourth-order valence-electron chi connectivity index (χ4n) is 3.89. The van der Waals surface area contributed by atoms with Crippen LogP contribution >= 0.6 is 0 Å². The Morgan fingerprint density at radius 1 is 1.07 bits per heavy atom. The number of carboxylic acids is 1. The molecule has 2 saturated carbocycles. The van der Waals surface area contributed by atoms with Crippen LogP contribution in [-0.2, 0) is 9.59 Å². The van der Waals surface area contributed by atoms with E-state index in [2.05, 4.69) is 13.8 Å². The summed E-state index contributed by atoms with van der Waals surface area (Å²) in [6, 6.07) is 0. The average molecular weight is 210 g/mol. The molecule has 0 spiro atoms. The molecule has 0 aromatic rings. The summed E-state index contributed by atoms with van der Waals surface area (Å²) in [5.41, 5.74) is 0. The lowest BCUT2D eigenvalue weighted by Gasteiger charge is -2.34. The Morgan fingerprint density at radius 3 is 1.93 bits per heavy atom. The maximum atomic E-state index is 11.5. The second-order valence-corrected chi connectivity index (χ2v) is 5.28.